The summed E-state index contributed by atoms with van der Waals surface area (Å²) in [7, 11) is 0. The van der Waals surface area contributed by atoms with Crippen LogP contribution < -0.4 is 4.74 Å². The fourth-order valence-electron chi connectivity index (χ4n) is 1.35. The van der Waals surface area contributed by atoms with Crippen molar-refractivity contribution < 1.29 is 4.74 Å². The predicted octanol–water partition coefficient (Wildman–Crippen LogP) is 3.70. The number of pyridine rings is 1. The molecular formula is C13H9BrN2O. The van der Waals surface area contributed by atoms with Crippen LogP contribution in [0.1, 0.15) is 5.69 Å². The zero-order chi connectivity index (χ0) is 12.1. The van der Waals surface area contributed by atoms with Gasteiger partial charge in [0, 0.05) is 10.5 Å². The number of ether oxygens (including phenoxy) is 1. The van der Waals surface area contributed by atoms with Gasteiger partial charge in [-0.1, -0.05) is 28.1 Å². The molecule has 0 spiro atoms. The van der Waals surface area contributed by atoms with Crippen LogP contribution in [-0.4, -0.2) is 4.98 Å². The molecule has 0 bridgehead atoms. The second kappa shape index (κ2) is 5.46. The first kappa shape index (κ1) is 11.6. The summed E-state index contributed by atoms with van der Waals surface area (Å²) in [5.41, 5.74) is 0.708. The van der Waals surface area contributed by atoms with Crippen molar-refractivity contribution in [3.63, 3.8) is 0 Å². The Labute approximate surface area is 108 Å². The molecule has 0 saturated heterocycles. The summed E-state index contributed by atoms with van der Waals surface area (Å²) in [4.78, 5) is 4.23. The van der Waals surface area contributed by atoms with Gasteiger partial charge in [-0.3, -0.25) is 0 Å². The van der Waals surface area contributed by atoms with Crippen LogP contribution in [0.2, 0.25) is 0 Å². The van der Waals surface area contributed by atoms with E-state index in [1.165, 1.54) is 0 Å². The van der Waals surface area contributed by atoms with Crippen LogP contribution >= 0.6 is 15.9 Å². The topological polar surface area (TPSA) is 45.9 Å². The number of aromatic nitrogens is 1. The molecule has 0 aliphatic rings. The molecule has 0 amide bonds. The third-order valence-electron chi connectivity index (χ3n) is 2.06. The van der Waals surface area contributed by atoms with Crippen molar-refractivity contribution >= 4 is 15.9 Å². The Morgan fingerprint density at radius 2 is 2.06 bits per heavy atom. The van der Waals surface area contributed by atoms with Gasteiger partial charge >= 0.3 is 0 Å². The van der Waals surface area contributed by atoms with E-state index in [0.29, 0.717) is 17.3 Å². The maximum atomic E-state index is 8.60. The first-order valence-electron chi connectivity index (χ1n) is 5.04. The highest BCUT2D eigenvalue weighted by Crippen LogP contribution is 2.23. The Morgan fingerprint density at radius 1 is 1.24 bits per heavy atom. The summed E-state index contributed by atoms with van der Waals surface area (Å²) in [6, 6.07) is 15.0. The van der Waals surface area contributed by atoms with E-state index in [0.717, 1.165) is 4.47 Å². The molecule has 0 aliphatic carbocycles. The predicted molar refractivity (Wildman–Crippen MR) is 67.8 cm³/mol. The van der Waals surface area contributed by atoms with Gasteiger partial charge in [0.05, 0.1) is 18.2 Å². The van der Waals surface area contributed by atoms with Crippen molar-refractivity contribution in [1.82, 2.24) is 4.98 Å². The lowest BCUT2D eigenvalue weighted by Gasteiger charge is -2.05. The number of nitrogens with zero attached hydrogens (tertiary/aromatic N) is 2. The average Bonchev–Trinajstić information content (AvgIpc) is 2.30. The molecule has 4 heteroatoms. The molecule has 1 heterocycles. The number of rotatable bonds is 3. The second-order valence-corrected chi connectivity index (χ2v) is 4.28. The van der Waals surface area contributed by atoms with Gasteiger partial charge in [0.15, 0.2) is 0 Å². The van der Waals surface area contributed by atoms with Crippen molar-refractivity contribution in [1.29, 1.82) is 5.26 Å². The molecule has 2 rings (SSSR count). The summed E-state index contributed by atoms with van der Waals surface area (Å²) >= 11 is 3.37. The lowest BCUT2D eigenvalue weighted by atomic mass is 10.3. The average molecular weight is 289 g/mol. The Kier molecular flexibility index (Phi) is 3.73. The summed E-state index contributed by atoms with van der Waals surface area (Å²) in [6.45, 7) is 0. The molecule has 3 nitrogen and oxygen atoms in total. The fourth-order valence-corrected chi connectivity index (χ4v) is 1.72. The molecule has 0 fully saturated rings. The van der Waals surface area contributed by atoms with Crippen LogP contribution in [0.25, 0.3) is 0 Å². The van der Waals surface area contributed by atoms with Crippen LogP contribution in [0.15, 0.2) is 46.9 Å². The highest BCUT2D eigenvalue weighted by atomic mass is 79.9. The number of halogens is 1. The van der Waals surface area contributed by atoms with Crippen molar-refractivity contribution in [2.75, 3.05) is 0 Å². The zero-order valence-corrected chi connectivity index (χ0v) is 10.5. The lowest BCUT2D eigenvalue weighted by molar-refractivity contribution is 0.461. The van der Waals surface area contributed by atoms with Gasteiger partial charge in [0.1, 0.15) is 5.75 Å². The molecule has 2 aromatic rings. The fraction of sp³-hybridized carbons (Fsp3) is 0.0769. The highest BCUT2D eigenvalue weighted by Gasteiger charge is 2.00. The normalized spacial score (nSPS) is 9.65. The van der Waals surface area contributed by atoms with Gasteiger partial charge in [0.2, 0.25) is 5.88 Å². The van der Waals surface area contributed by atoms with Gasteiger partial charge in [-0.05, 0) is 24.3 Å². The standard InChI is InChI=1S/C13H9BrN2O/c14-10-3-1-5-12(9-10)17-13-6-2-4-11(16-13)7-8-15/h1-6,9H,7H2. The SMILES string of the molecule is N#CCc1cccc(Oc2cccc(Br)c2)n1. The Balaban J connectivity index is 2.19. The van der Waals surface area contributed by atoms with Crippen LogP contribution in [0.3, 0.4) is 0 Å². The summed E-state index contributed by atoms with van der Waals surface area (Å²) < 4.78 is 6.54. The van der Waals surface area contributed by atoms with Crippen LogP contribution in [-0.2, 0) is 6.42 Å². The maximum absolute atomic E-state index is 8.60. The minimum atomic E-state index is 0.287. The van der Waals surface area contributed by atoms with E-state index >= 15 is 0 Å². The molecule has 17 heavy (non-hydrogen) atoms. The van der Waals surface area contributed by atoms with E-state index in [2.05, 4.69) is 27.0 Å². The third kappa shape index (κ3) is 3.30. The summed E-state index contributed by atoms with van der Waals surface area (Å²) in [5.74, 6) is 1.21. The number of nitriles is 1. The zero-order valence-electron chi connectivity index (χ0n) is 8.93. The van der Waals surface area contributed by atoms with Crippen LogP contribution in [0.5, 0.6) is 11.6 Å². The lowest BCUT2D eigenvalue weighted by Crippen LogP contribution is -1.92. The van der Waals surface area contributed by atoms with Gasteiger partial charge < -0.3 is 4.74 Å². The summed E-state index contributed by atoms with van der Waals surface area (Å²) in [6.07, 6.45) is 0.287. The monoisotopic (exact) mass is 288 g/mol. The summed E-state index contributed by atoms with van der Waals surface area (Å²) in [5, 5.41) is 8.60. The Bertz CT molecular complexity index is 563. The number of hydrogen-bond acceptors (Lipinski definition) is 3. The molecular weight excluding hydrogens is 280 g/mol. The van der Waals surface area contributed by atoms with E-state index in [1.54, 1.807) is 12.1 Å². The smallest absolute Gasteiger partial charge is 0.219 e. The third-order valence-corrected chi connectivity index (χ3v) is 2.55. The van der Waals surface area contributed by atoms with Gasteiger partial charge in [-0.2, -0.15) is 5.26 Å². The van der Waals surface area contributed by atoms with E-state index in [-0.39, 0.29) is 6.42 Å². The van der Waals surface area contributed by atoms with E-state index in [9.17, 15) is 0 Å². The van der Waals surface area contributed by atoms with Crippen LogP contribution in [0.4, 0.5) is 0 Å². The molecule has 0 radical (unpaired) electrons. The second-order valence-electron chi connectivity index (χ2n) is 3.36. The Hall–Kier alpha value is -1.86. The number of benzene rings is 1. The molecule has 0 atom stereocenters. The molecule has 0 unspecified atom stereocenters. The van der Waals surface area contributed by atoms with E-state index in [1.807, 2.05) is 30.3 Å². The molecule has 1 aromatic carbocycles. The van der Waals surface area contributed by atoms with Gasteiger partial charge in [-0.25, -0.2) is 4.98 Å². The molecule has 0 N–H and O–H groups in total. The molecule has 0 saturated carbocycles. The Morgan fingerprint density at radius 3 is 2.82 bits per heavy atom. The molecule has 0 aliphatic heterocycles. The minimum absolute atomic E-state index is 0.287. The van der Waals surface area contributed by atoms with Crippen molar-refractivity contribution in [3.8, 4) is 17.7 Å². The van der Waals surface area contributed by atoms with Crippen LogP contribution in [0, 0.1) is 11.3 Å². The van der Waals surface area contributed by atoms with Gasteiger partial charge in [-0.15, -0.1) is 0 Å². The van der Waals surface area contributed by atoms with Crippen molar-refractivity contribution in [2.45, 2.75) is 6.42 Å². The first-order valence-corrected chi connectivity index (χ1v) is 5.83. The quantitative estimate of drug-likeness (QED) is 0.865. The highest BCUT2D eigenvalue weighted by molar-refractivity contribution is 9.10. The first-order chi connectivity index (χ1) is 8.28. The van der Waals surface area contributed by atoms with E-state index in [4.69, 9.17) is 10.00 Å². The van der Waals surface area contributed by atoms with Crippen molar-refractivity contribution in [2.24, 2.45) is 0 Å². The van der Waals surface area contributed by atoms with Crippen molar-refractivity contribution in [3.05, 3.63) is 52.6 Å². The number of hydrogen-bond donors (Lipinski definition) is 0. The molecule has 84 valence electrons. The van der Waals surface area contributed by atoms with Gasteiger partial charge in [0.25, 0.3) is 0 Å². The largest absolute Gasteiger partial charge is 0.439 e. The maximum Gasteiger partial charge on any atom is 0.219 e. The van der Waals surface area contributed by atoms with E-state index < -0.39 is 0 Å². The minimum Gasteiger partial charge on any atom is -0.439 e. The molecule has 1 aromatic heterocycles.